The molecule has 2 N–H and O–H groups in total. The molecule has 0 saturated carbocycles. The largest absolute Gasteiger partial charge is 0.504 e. The lowest BCUT2D eigenvalue weighted by Gasteiger charge is -2.35. The zero-order chi connectivity index (χ0) is 31.7. The molecule has 0 aromatic heterocycles. The first-order valence-corrected chi connectivity index (χ1v) is 15.4. The summed E-state index contributed by atoms with van der Waals surface area (Å²) in [7, 11) is 9.19. The van der Waals surface area contributed by atoms with Crippen molar-refractivity contribution in [2.24, 2.45) is 0 Å². The van der Waals surface area contributed by atoms with Crippen LogP contribution in [0.2, 0.25) is 0 Å². The topological polar surface area (TPSA) is 83.9 Å². The van der Waals surface area contributed by atoms with Crippen LogP contribution in [0, 0.1) is 0 Å². The van der Waals surface area contributed by atoms with Crippen molar-refractivity contribution < 1.29 is 29.2 Å². The van der Waals surface area contributed by atoms with E-state index in [4.69, 9.17) is 18.9 Å². The van der Waals surface area contributed by atoms with Crippen LogP contribution < -0.4 is 18.9 Å². The van der Waals surface area contributed by atoms with E-state index in [0.29, 0.717) is 23.7 Å². The van der Waals surface area contributed by atoms with E-state index in [1.165, 1.54) is 22.3 Å². The van der Waals surface area contributed by atoms with Crippen molar-refractivity contribution >= 4 is 0 Å². The molecule has 45 heavy (non-hydrogen) atoms. The summed E-state index contributed by atoms with van der Waals surface area (Å²) in [5.41, 5.74) is 7.07. The Kier molecular flexibility index (Phi) is 8.79. The molecular formula is C37H42N2O6. The number of methoxy groups -OCH3 is 3. The molecule has 4 aromatic rings. The number of fused-ring (bicyclic) bond motifs is 2. The van der Waals surface area contributed by atoms with Gasteiger partial charge in [0.2, 0.25) is 0 Å². The van der Waals surface area contributed by atoms with Gasteiger partial charge in [0.1, 0.15) is 5.75 Å². The van der Waals surface area contributed by atoms with E-state index in [1.807, 2.05) is 36.4 Å². The van der Waals surface area contributed by atoms with Gasteiger partial charge in [-0.1, -0.05) is 18.2 Å². The third-order valence-electron chi connectivity index (χ3n) is 9.37. The van der Waals surface area contributed by atoms with E-state index in [-0.39, 0.29) is 23.6 Å². The van der Waals surface area contributed by atoms with Crippen LogP contribution in [0.25, 0.3) is 0 Å². The van der Waals surface area contributed by atoms with E-state index in [0.717, 1.165) is 55.0 Å². The van der Waals surface area contributed by atoms with Crippen LogP contribution in [0.1, 0.15) is 45.5 Å². The third kappa shape index (κ3) is 6.26. The zero-order valence-corrected chi connectivity index (χ0v) is 26.7. The number of aromatic hydroxyl groups is 2. The molecule has 2 heterocycles. The van der Waals surface area contributed by atoms with Crippen LogP contribution in [-0.4, -0.2) is 68.5 Å². The molecule has 2 unspecified atom stereocenters. The molecule has 0 aliphatic carbocycles. The maximum atomic E-state index is 10.7. The van der Waals surface area contributed by atoms with Gasteiger partial charge in [-0.3, -0.25) is 9.80 Å². The average Bonchev–Trinajstić information content (AvgIpc) is 3.05. The minimum absolute atomic E-state index is 0.0753. The molecule has 4 aromatic carbocycles. The number of hydrogen-bond acceptors (Lipinski definition) is 8. The maximum Gasteiger partial charge on any atom is 0.169 e. The molecule has 0 bridgehead atoms. The molecule has 0 fully saturated rings. The fourth-order valence-electron chi connectivity index (χ4n) is 6.73. The summed E-state index contributed by atoms with van der Waals surface area (Å²) in [6.07, 6.45) is 3.42. The van der Waals surface area contributed by atoms with Gasteiger partial charge in [0, 0.05) is 25.2 Å². The van der Waals surface area contributed by atoms with Crippen LogP contribution in [0.4, 0.5) is 0 Å². The van der Waals surface area contributed by atoms with Gasteiger partial charge >= 0.3 is 0 Å². The molecule has 2 aliphatic rings. The second-order valence-electron chi connectivity index (χ2n) is 12.1. The highest BCUT2D eigenvalue weighted by molar-refractivity contribution is 5.51. The van der Waals surface area contributed by atoms with Crippen molar-refractivity contribution in [3.05, 3.63) is 100 Å². The van der Waals surface area contributed by atoms with E-state index in [2.05, 4.69) is 48.2 Å². The van der Waals surface area contributed by atoms with Crippen molar-refractivity contribution in [2.75, 3.05) is 48.5 Å². The fourth-order valence-corrected chi connectivity index (χ4v) is 6.73. The molecule has 8 heteroatoms. The quantitative estimate of drug-likeness (QED) is 0.224. The highest BCUT2D eigenvalue weighted by Crippen LogP contribution is 2.41. The molecule has 2 atom stereocenters. The second-order valence-corrected chi connectivity index (χ2v) is 12.1. The Bertz CT molecular complexity index is 1670. The van der Waals surface area contributed by atoms with E-state index >= 15 is 0 Å². The Labute approximate surface area is 265 Å². The molecule has 236 valence electrons. The number of nitrogens with zero attached hydrogens (tertiary/aromatic N) is 2. The standard InChI is InChI=1S/C37H42N2O6/c1-38-15-13-26-20-36(43-4)37(44-5)22-29(26)30(38)16-23-6-9-27(10-7-23)45-35-18-24(8-11-32(35)40)17-31-28-21-33(41)34(42-3)19-25(28)12-14-39(31)2/h6-11,18-22,30-31,40-41H,12-17H2,1-5H3. The summed E-state index contributed by atoms with van der Waals surface area (Å²) in [4.78, 5) is 4.69. The molecule has 0 radical (unpaired) electrons. The van der Waals surface area contributed by atoms with Gasteiger partial charge < -0.3 is 29.2 Å². The van der Waals surface area contributed by atoms with Crippen LogP contribution in [0.15, 0.2) is 66.7 Å². The second kappa shape index (κ2) is 12.9. The lowest BCUT2D eigenvalue weighted by molar-refractivity contribution is 0.228. The van der Waals surface area contributed by atoms with Gasteiger partial charge in [-0.05, 0) is 122 Å². The Morgan fingerprint density at radius 3 is 1.76 bits per heavy atom. The predicted molar refractivity (Wildman–Crippen MR) is 174 cm³/mol. The van der Waals surface area contributed by atoms with Gasteiger partial charge in [-0.25, -0.2) is 0 Å². The fraction of sp³-hybridized carbons (Fsp3) is 0.351. The van der Waals surface area contributed by atoms with E-state index in [1.54, 1.807) is 27.4 Å². The average molecular weight is 611 g/mol. The number of phenols is 2. The van der Waals surface area contributed by atoms with Crippen molar-refractivity contribution in [2.45, 2.75) is 37.8 Å². The number of rotatable bonds is 9. The summed E-state index contributed by atoms with van der Waals surface area (Å²) in [5, 5.41) is 21.2. The van der Waals surface area contributed by atoms with Gasteiger partial charge in [-0.2, -0.15) is 0 Å². The first-order valence-electron chi connectivity index (χ1n) is 15.4. The third-order valence-corrected chi connectivity index (χ3v) is 9.37. The van der Waals surface area contributed by atoms with Crippen molar-refractivity contribution in [1.29, 1.82) is 0 Å². The first-order chi connectivity index (χ1) is 21.8. The van der Waals surface area contributed by atoms with Crippen LogP contribution in [-0.2, 0) is 25.7 Å². The minimum Gasteiger partial charge on any atom is -0.504 e. The van der Waals surface area contributed by atoms with Gasteiger partial charge in [-0.15, -0.1) is 0 Å². The van der Waals surface area contributed by atoms with Crippen molar-refractivity contribution in [3.8, 4) is 40.2 Å². The van der Waals surface area contributed by atoms with E-state index in [9.17, 15) is 10.2 Å². The van der Waals surface area contributed by atoms with Crippen LogP contribution in [0.3, 0.4) is 0 Å². The Morgan fingerprint density at radius 1 is 0.600 bits per heavy atom. The number of hydrogen-bond donors (Lipinski definition) is 2. The highest BCUT2D eigenvalue weighted by atomic mass is 16.5. The Morgan fingerprint density at radius 2 is 1.13 bits per heavy atom. The molecule has 0 amide bonds. The maximum absolute atomic E-state index is 10.7. The summed E-state index contributed by atoms with van der Waals surface area (Å²) in [6, 6.07) is 21.9. The summed E-state index contributed by atoms with van der Waals surface area (Å²) >= 11 is 0. The summed E-state index contributed by atoms with van der Waals surface area (Å²) < 4.78 is 22.7. The molecule has 0 saturated heterocycles. The van der Waals surface area contributed by atoms with Crippen molar-refractivity contribution in [3.63, 3.8) is 0 Å². The molecule has 8 nitrogen and oxygen atoms in total. The van der Waals surface area contributed by atoms with Crippen molar-refractivity contribution in [1.82, 2.24) is 9.80 Å². The number of phenolic OH excluding ortho intramolecular Hbond substituents is 2. The van der Waals surface area contributed by atoms with Crippen LogP contribution in [0.5, 0.6) is 40.2 Å². The zero-order valence-electron chi connectivity index (χ0n) is 26.7. The van der Waals surface area contributed by atoms with Gasteiger partial charge in [0.05, 0.1) is 21.3 Å². The molecule has 2 aliphatic heterocycles. The first kappa shape index (κ1) is 30.6. The molecule has 0 spiro atoms. The number of likely N-dealkylation sites (N-methyl/N-ethyl adjacent to an activating group) is 2. The smallest absolute Gasteiger partial charge is 0.169 e. The Hall–Kier alpha value is -4.40. The normalized spacial score (nSPS) is 18.2. The number of ether oxygens (including phenoxy) is 4. The minimum atomic E-state index is 0.0753. The van der Waals surface area contributed by atoms with Gasteiger partial charge in [0.15, 0.2) is 34.5 Å². The molecular weight excluding hydrogens is 568 g/mol. The predicted octanol–water partition coefficient (Wildman–Crippen LogP) is 6.46. The van der Waals surface area contributed by atoms with Crippen LogP contribution >= 0.6 is 0 Å². The summed E-state index contributed by atoms with van der Waals surface area (Å²) in [5.74, 6) is 3.33. The monoisotopic (exact) mass is 610 g/mol. The highest BCUT2D eigenvalue weighted by Gasteiger charge is 2.28. The van der Waals surface area contributed by atoms with Gasteiger partial charge in [0.25, 0.3) is 0 Å². The van der Waals surface area contributed by atoms with E-state index < -0.39 is 0 Å². The lowest BCUT2D eigenvalue weighted by Crippen LogP contribution is -2.33. The number of benzene rings is 4. The Balaban J connectivity index is 1.18. The molecule has 6 rings (SSSR count). The summed E-state index contributed by atoms with van der Waals surface area (Å²) in [6.45, 7) is 1.88. The SMILES string of the molecule is COc1cc2c(cc1O)C(Cc1ccc(O)c(Oc3ccc(CC4c5cc(OC)c(OC)cc5CCN4C)cc3)c1)N(C)CC2. The lowest BCUT2D eigenvalue weighted by atomic mass is 9.88.